The summed E-state index contributed by atoms with van der Waals surface area (Å²) in [5.41, 5.74) is 3.39. The third kappa shape index (κ3) is 3.02. The third-order valence-electron chi connectivity index (χ3n) is 3.99. The van der Waals surface area contributed by atoms with Crippen molar-refractivity contribution in [3.8, 4) is 28.7 Å². The lowest BCUT2D eigenvalue weighted by molar-refractivity contribution is 0.329. The van der Waals surface area contributed by atoms with E-state index < -0.39 is 0 Å². The number of pyridine rings is 1. The van der Waals surface area contributed by atoms with E-state index in [-0.39, 0.29) is 0 Å². The van der Waals surface area contributed by atoms with Crippen molar-refractivity contribution >= 4 is 22.5 Å². The van der Waals surface area contributed by atoms with Crippen molar-refractivity contribution in [2.24, 2.45) is 0 Å². The summed E-state index contributed by atoms with van der Waals surface area (Å²) in [6, 6.07) is 15.4. The molecule has 2 aromatic carbocycles. The van der Waals surface area contributed by atoms with Gasteiger partial charge in [0.1, 0.15) is 0 Å². The molecule has 5 nitrogen and oxygen atoms in total. The van der Waals surface area contributed by atoms with E-state index in [1.165, 1.54) is 0 Å². The van der Waals surface area contributed by atoms with Gasteiger partial charge in [0.15, 0.2) is 0 Å². The van der Waals surface area contributed by atoms with E-state index in [0.29, 0.717) is 40.4 Å². The first kappa shape index (κ1) is 16.5. The first-order valence-electron chi connectivity index (χ1n) is 8.29. The van der Waals surface area contributed by atoms with Crippen molar-refractivity contribution < 1.29 is 9.26 Å². The summed E-state index contributed by atoms with van der Waals surface area (Å²) in [4.78, 5) is 9.11. The number of hydrogen-bond donors (Lipinski definition) is 0. The average molecular weight is 366 g/mol. The average Bonchev–Trinajstić information content (AvgIpc) is 3.11. The fourth-order valence-corrected chi connectivity index (χ4v) is 2.98. The summed E-state index contributed by atoms with van der Waals surface area (Å²) in [5, 5.41) is 5.66. The molecular weight excluding hydrogens is 350 g/mol. The predicted molar refractivity (Wildman–Crippen MR) is 101 cm³/mol. The minimum atomic E-state index is 0.359. The lowest BCUT2D eigenvalue weighted by Crippen LogP contribution is -1.98. The van der Waals surface area contributed by atoms with Gasteiger partial charge in [-0.25, -0.2) is 4.98 Å². The lowest BCUT2D eigenvalue weighted by Gasteiger charge is -2.08. The van der Waals surface area contributed by atoms with Gasteiger partial charge in [0.2, 0.25) is 11.7 Å². The van der Waals surface area contributed by atoms with Crippen molar-refractivity contribution in [2.45, 2.75) is 13.8 Å². The maximum absolute atomic E-state index is 6.23. The zero-order chi connectivity index (χ0) is 18.1. The van der Waals surface area contributed by atoms with E-state index in [1.807, 2.05) is 50.2 Å². The first-order chi connectivity index (χ1) is 12.7. The molecule has 0 aliphatic heterocycles. The van der Waals surface area contributed by atoms with Gasteiger partial charge in [0.25, 0.3) is 5.89 Å². The van der Waals surface area contributed by atoms with Crippen LogP contribution in [0.1, 0.15) is 12.5 Å². The van der Waals surface area contributed by atoms with Gasteiger partial charge in [-0.05, 0) is 44.2 Å². The molecule has 0 fully saturated rings. The van der Waals surface area contributed by atoms with Gasteiger partial charge < -0.3 is 9.26 Å². The minimum absolute atomic E-state index is 0.359. The molecule has 2 aromatic heterocycles. The third-order valence-corrected chi connectivity index (χ3v) is 4.32. The maximum Gasteiger partial charge on any atom is 0.259 e. The topological polar surface area (TPSA) is 61.0 Å². The van der Waals surface area contributed by atoms with Crippen LogP contribution in [0, 0.1) is 6.92 Å². The smallest absolute Gasteiger partial charge is 0.259 e. The normalized spacial score (nSPS) is 11.0. The Kier molecular flexibility index (Phi) is 4.31. The van der Waals surface area contributed by atoms with Gasteiger partial charge in [0.05, 0.1) is 28.3 Å². The molecule has 0 amide bonds. The Balaban J connectivity index is 1.85. The summed E-state index contributed by atoms with van der Waals surface area (Å²) < 4.78 is 11.1. The van der Waals surface area contributed by atoms with Crippen molar-refractivity contribution in [1.82, 2.24) is 15.1 Å². The van der Waals surface area contributed by atoms with Crippen LogP contribution in [-0.2, 0) is 0 Å². The van der Waals surface area contributed by atoms with Crippen molar-refractivity contribution in [1.29, 1.82) is 0 Å². The number of nitrogens with zero attached hydrogens (tertiary/aromatic N) is 3. The van der Waals surface area contributed by atoms with E-state index in [4.69, 9.17) is 20.9 Å². The predicted octanol–water partition coefficient (Wildman–Crippen LogP) is 5.31. The zero-order valence-corrected chi connectivity index (χ0v) is 15.1. The number of halogens is 1. The summed E-state index contributed by atoms with van der Waals surface area (Å²) in [6.07, 6.45) is 0. The number of aryl methyl sites for hydroxylation is 1. The SMILES string of the molecule is CCOc1nc2ccc(C)cc2cc1-c1noc(-c2ccccc2Cl)n1. The fraction of sp³-hybridized carbons (Fsp3) is 0.150. The number of benzene rings is 2. The van der Waals surface area contributed by atoms with E-state index >= 15 is 0 Å². The fourth-order valence-electron chi connectivity index (χ4n) is 2.76. The van der Waals surface area contributed by atoms with E-state index in [0.717, 1.165) is 16.5 Å². The van der Waals surface area contributed by atoms with Crippen molar-refractivity contribution in [2.75, 3.05) is 6.61 Å². The number of fused-ring (bicyclic) bond motifs is 1. The van der Waals surface area contributed by atoms with E-state index in [9.17, 15) is 0 Å². The largest absolute Gasteiger partial charge is 0.477 e. The monoisotopic (exact) mass is 365 g/mol. The quantitative estimate of drug-likeness (QED) is 0.490. The highest BCUT2D eigenvalue weighted by atomic mass is 35.5. The molecule has 0 unspecified atom stereocenters. The standard InChI is InChI=1S/C20H16ClN3O2/c1-3-25-19-15(11-13-10-12(2)8-9-17(13)22-19)18-23-20(26-24-18)14-6-4-5-7-16(14)21/h4-11H,3H2,1-2H3. The van der Waals surface area contributed by atoms with Crippen LogP contribution in [0.3, 0.4) is 0 Å². The Bertz CT molecular complexity index is 1090. The molecule has 130 valence electrons. The lowest BCUT2D eigenvalue weighted by atomic mass is 10.1. The van der Waals surface area contributed by atoms with Gasteiger partial charge >= 0.3 is 0 Å². The molecule has 0 N–H and O–H groups in total. The number of aromatic nitrogens is 3. The summed E-state index contributed by atoms with van der Waals surface area (Å²) in [5.74, 6) is 1.26. The van der Waals surface area contributed by atoms with Crippen molar-refractivity contribution in [3.63, 3.8) is 0 Å². The molecule has 0 radical (unpaired) electrons. The number of rotatable bonds is 4. The molecule has 26 heavy (non-hydrogen) atoms. The highest BCUT2D eigenvalue weighted by molar-refractivity contribution is 6.33. The molecular formula is C20H16ClN3O2. The highest BCUT2D eigenvalue weighted by Gasteiger charge is 2.18. The molecule has 0 saturated carbocycles. The molecule has 0 aliphatic carbocycles. The molecule has 4 rings (SSSR count). The summed E-state index contributed by atoms with van der Waals surface area (Å²) in [7, 11) is 0. The van der Waals surface area contributed by atoms with E-state index in [1.54, 1.807) is 6.07 Å². The van der Waals surface area contributed by atoms with Gasteiger partial charge in [-0.3, -0.25) is 0 Å². The van der Waals surface area contributed by atoms with Gasteiger partial charge in [-0.15, -0.1) is 0 Å². The second kappa shape index (κ2) is 6.77. The van der Waals surface area contributed by atoms with Gasteiger partial charge in [-0.2, -0.15) is 4.98 Å². The zero-order valence-electron chi connectivity index (χ0n) is 14.4. The molecule has 0 saturated heterocycles. The second-order valence-electron chi connectivity index (χ2n) is 5.87. The maximum atomic E-state index is 6.23. The first-order valence-corrected chi connectivity index (χ1v) is 8.66. The Morgan fingerprint density at radius 2 is 1.88 bits per heavy atom. The van der Waals surface area contributed by atoms with Gasteiger partial charge in [-0.1, -0.05) is 40.5 Å². The molecule has 2 heterocycles. The Morgan fingerprint density at radius 1 is 1.04 bits per heavy atom. The van der Waals surface area contributed by atoms with Crippen LogP contribution in [0.15, 0.2) is 53.1 Å². The molecule has 4 aromatic rings. The minimum Gasteiger partial charge on any atom is -0.477 e. The van der Waals surface area contributed by atoms with Crippen LogP contribution < -0.4 is 4.74 Å². The van der Waals surface area contributed by atoms with Crippen LogP contribution in [0.4, 0.5) is 0 Å². The number of hydrogen-bond acceptors (Lipinski definition) is 5. The van der Waals surface area contributed by atoms with Gasteiger partial charge in [0, 0.05) is 5.39 Å². The number of ether oxygens (including phenoxy) is 1. The van der Waals surface area contributed by atoms with Crippen LogP contribution in [-0.4, -0.2) is 21.7 Å². The highest BCUT2D eigenvalue weighted by Crippen LogP contribution is 2.33. The molecule has 6 heteroatoms. The van der Waals surface area contributed by atoms with Crippen LogP contribution in [0.2, 0.25) is 5.02 Å². The van der Waals surface area contributed by atoms with Crippen LogP contribution >= 0.6 is 11.6 Å². The Morgan fingerprint density at radius 3 is 2.69 bits per heavy atom. The van der Waals surface area contributed by atoms with E-state index in [2.05, 4.69) is 21.2 Å². The second-order valence-corrected chi connectivity index (χ2v) is 6.28. The molecule has 0 bridgehead atoms. The Labute approximate surface area is 155 Å². The molecule has 0 atom stereocenters. The van der Waals surface area contributed by atoms with Crippen LogP contribution in [0.5, 0.6) is 5.88 Å². The van der Waals surface area contributed by atoms with Crippen LogP contribution in [0.25, 0.3) is 33.7 Å². The summed E-state index contributed by atoms with van der Waals surface area (Å²) >= 11 is 6.23. The molecule has 0 spiro atoms. The summed E-state index contributed by atoms with van der Waals surface area (Å²) in [6.45, 7) is 4.45. The molecule has 0 aliphatic rings. The Hall–Kier alpha value is -2.92. The van der Waals surface area contributed by atoms with Crippen molar-refractivity contribution in [3.05, 3.63) is 59.1 Å².